The topological polar surface area (TPSA) is 108 Å². The lowest BCUT2D eigenvalue weighted by molar-refractivity contribution is -0.142. The smallest absolute Gasteiger partial charge is 0.247 e. The van der Waals surface area contributed by atoms with Gasteiger partial charge in [0.1, 0.15) is 18.1 Å². The maximum absolute atomic E-state index is 13.7. The molecule has 1 N–H and O–H groups in total. The fraction of sp³-hybridized carbons (Fsp3) is 0.481. The lowest BCUT2D eigenvalue weighted by atomic mass is 10.0. The number of hydrogen-bond acceptors (Lipinski definition) is 7. The molecule has 0 bridgehead atoms. The molecule has 10 nitrogen and oxygen atoms in total. The van der Waals surface area contributed by atoms with Gasteiger partial charge in [-0.25, -0.2) is 4.68 Å². The first-order chi connectivity index (χ1) is 17.9. The number of benzene rings is 2. The number of rotatable bonds is 14. The van der Waals surface area contributed by atoms with Crippen molar-refractivity contribution in [3.63, 3.8) is 0 Å². The average Bonchev–Trinajstić information content (AvgIpc) is 3.29. The Morgan fingerprint density at radius 1 is 1.11 bits per heavy atom. The van der Waals surface area contributed by atoms with Crippen LogP contribution < -0.4 is 14.8 Å². The number of carbonyl (C=O) groups excluding carboxylic acids is 2. The number of aromatic nitrogens is 3. The quantitative estimate of drug-likeness (QED) is 0.354. The normalized spacial score (nSPS) is 11.9. The van der Waals surface area contributed by atoms with Gasteiger partial charge < -0.3 is 24.4 Å². The minimum atomic E-state index is -0.908. The van der Waals surface area contributed by atoms with E-state index in [9.17, 15) is 9.59 Å². The van der Waals surface area contributed by atoms with E-state index in [4.69, 9.17) is 14.2 Å². The summed E-state index contributed by atoms with van der Waals surface area (Å²) in [7, 11) is 3.11. The maximum atomic E-state index is 13.7. The fourth-order valence-corrected chi connectivity index (χ4v) is 4.02. The van der Waals surface area contributed by atoms with Crippen molar-refractivity contribution in [2.24, 2.45) is 5.92 Å². The minimum Gasteiger partial charge on any atom is -0.493 e. The van der Waals surface area contributed by atoms with Gasteiger partial charge in [0, 0.05) is 20.2 Å². The van der Waals surface area contributed by atoms with Crippen LogP contribution in [0.1, 0.15) is 38.8 Å². The molecular weight excluding hydrogens is 474 g/mol. The van der Waals surface area contributed by atoms with E-state index in [1.54, 1.807) is 37.1 Å². The van der Waals surface area contributed by atoms with Gasteiger partial charge >= 0.3 is 0 Å². The Hall–Kier alpha value is -3.66. The summed E-state index contributed by atoms with van der Waals surface area (Å²) in [5.74, 6) is 0.915. The molecule has 0 saturated carbocycles. The van der Waals surface area contributed by atoms with Gasteiger partial charge in [0.2, 0.25) is 11.8 Å². The number of amides is 2. The zero-order valence-corrected chi connectivity index (χ0v) is 22.3. The fourth-order valence-electron chi connectivity index (χ4n) is 4.02. The lowest BCUT2D eigenvalue weighted by Gasteiger charge is -2.31. The van der Waals surface area contributed by atoms with Crippen molar-refractivity contribution in [2.45, 2.75) is 39.8 Å². The van der Waals surface area contributed by atoms with Crippen molar-refractivity contribution in [1.82, 2.24) is 25.2 Å². The molecule has 0 radical (unpaired) electrons. The second-order valence-electron chi connectivity index (χ2n) is 9.04. The van der Waals surface area contributed by atoms with E-state index in [0.29, 0.717) is 41.6 Å². The van der Waals surface area contributed by atoms with Gasteiger partial charge in [0.15, 0.2) is 11.5 Å². The second-order valence-corrected chi connectivity index (χ2v) is 9.04. The van der Waals surface area contributed by atoms with Crippen LogP contribution in [0, 0.1) is 5.92 Å². The van der Waals surface area contributed by atoms with Crippen molar-refractivity contribution >= 4 is 22.8 Å². The Morgan fingerprint density at radius 2 is 1.89 bits per heavy atom. The van der Waals surface area contributed by atoms with Crippen molar-refractivity contribution in [3.05, 3.63) is 48.0 Å². The zero-order chi connectivity index (χ0) is 26.8. The summed E-state index contributed by atoms with van der Waals surface area (Å²) < 4.78 is 18.0. The first kappa shape index (κ1) is 27.9. The van der Waals surface area contributed by atoms with Gasteiger partial charge in [0.05, 0.1) is 25.8 Å². The summed E-state index contributed by atoms with van der Waals surface area (Å²) in [6, 6.07) is 11.8. The van der Waals surface area contributed by atoms with Crippen molar-refractivity contribution < 1.29 is 23.8 Å². The van der Waals surface area contributed by atoms with E-state index in [-0.39, 0.29) is 31.5 Å². The van der Waals surface area contributed by atoms with Crippen LogP contribution in [-0.4, -0.2) is 72.2 Å². The molecular formula is C27H37N5O5. The number of nitrogens with one attached hydrogen (secondary N) is 1. The Labute approximate surface area is 217 Å². The molecule has 1 aromatic heterocycles. The largest absolute Gasteiger partial charge is 0.493 e. The predicted octanol–water partition coefficient (Wildman–Crippen LogP) is 3.22. The summed E-state index contributed by atoms with van der Waals surface area (Å²) in [6.45, 7) is 7.44. The summed E-state index contributed by atoms with van der Waals surface area (Å²) in [6.07, 6.45) is 0.821. The third kappa shape index (κ3) is 7.19. The molecule has 10 heteroatoms. The summed E-state index contributed by atoms with van der Waals surface area (Å²) in [5, 5.41) is 11.3. The molecule has 0 saturated heterocycles. The molecule has 2 aromatic carbocycles. The third-order valence-electron chi connectivity index (χ3n) is 5.95. The third-order valence-corrected chi connectivity index (χ3v) is 5.95. The highest BCUT2D eigenvalue weighted by molar-refractivity contribution is 5.89. The lowest BCUT2D eigenvalue weighted by Crippen LogP contribution is -2.46. The monoisotopic (exact) mass is 511 g/mol. The number of ether oxygens (including phenoxy) is 3. The average molecular weight is 512 g/mol. The molecule has 2 amide bonds. The van der Waals surface area contributed by atoms with Gasteiger partial charge in [-0.15, -0.1) is 5.10 Å². The van der Waals surface area contributed by atoms with Gasteiger partial charge in [-0.1, -0.05) is 37.3 Å². The molecule has 0 aliphatic heterocycles. The molecule has 0 spiro atoms. The number of carbonyl (C=O) groups is 2. The predicted molar refractivity (Wildman–Crippen MR) is 140 cm³/mol. The molecule has 0 aliphatic carbocycles. The van der Waals surface area contributed by atoms with Gasteiger partial charge in [-0.3, -0.25) is 9.59 Å². The van der Waals surface area contributed by atoms with Gasteiger partial charge in [0.25, 0.3) is 0 Å². The Balaban J connectivity index is 1.99. The SMILES string of the molecule is CCOc1ccc([C@@H](C(=O)NCCC(C)C)N(CCOC)C(=O)Cn2nnc3ccccc32)cc1OC. The van der Waals surface area contributed by atoms with E-state index in [1.807, 2.05) is 31.2 Å². The Morgan fingerprint density at radius 3 is 2.59 bits per heavy atom. The van der Waals surface area contributed by atoms with Crippen LogP contribution >= 0.6 is 0 Å². The molecule has 0 unspecified atom stereocenters. The van der Waals surface area contributed by atoms with E-state index >= 15 is 0 Å². The Bertz CT molecular complexity index is 1180. The highest BCUT2D eigenvalue weighted by atomic mass is 16.5. The summed E-state index contributed by atoms with van der Waals surface area (Å²) in [5.41, 5.74) is 2.04. The first-order valence-corrected chi connectivity index (χ1v) is 12.5. The number of fused-ring (bicyclic) bond motifs is 1. The van der Waals surface area contributed by atoms with Crippen LogP contribution in [0.5, 0.6) is 11.5 Å². The van der Waals surface area contributed by atoms with E-state index in [1.165, 1.54) is 4.90 Å². The van der Waals surface area contributed by atoms with E-state index < -0.39 is 6.04 Å². The number of hydrogen-bond donors (Lipinski definition) is 1. The van der Waals surface area contributed by atoms with Crippen LogP contribution in [0.25, 0.3) is 11.0 Å². The highest BCUT2D eigenvalue weighted by Crippen LogP contribution is 2.33. The zero-order valence-electron chi connectivity index (χ0n) is 22.3. The van der Waals surface area contributed by atoms with Gasteiger partial charge in [-0.05, 0) is 49.1 Å². The van der Waals surface area contributed by atoms with Crippen molar-refractivity contribution in [1.29, 1.82) is 0 Å². The van der Waals surface area contributed by atoms with E-state index in [0.717, 1.165) is 11.9 Å². The van der Waals surface area contributed by atoms with Crippen LogP contribution in [0.3, 0.4) is 0 Å². The highest BCUT2D eigenvalue weighted by Gasteiger charge is 2.32. The van der Waals surface area contributed by atoms with Crippen LogP contribution in [0.15, 0.2) is 42.5 Å². The van der Waals surface area contributed by atoms with Crippen LogP contribution in [-0.2, 0) is 20.9 Å². The van der Waals surface area contributed by atoms with Crippen molar-refractivity contribution in [2.75, 3.05) is 40.5 Å². The standard InChI is InChI=1S/C27H37N5O5/c1-6-37-23-12-11-20(17-24(23)36-5)26(27(34)28-14-13-19(2)3)31(15-16-35-4)25(33)18-32-22-10-8-7-9-21(22)29-30-32/h7-12,17,19,26H,6,13-16,18H2,1-5H3,(H,28,34)/t26-/m0/s1. The first-order valence-electron chi connectivity index (χ1n) is 12.5. The summed E-state index contributed by atoms with van der Waals surface area (Å²) in [4.78, 5) is 28.9. The molecule has 3 rings (SSSR count). The minimum absolute atomic E-state index is 0.0752. The number of nitrogens with zero attached hydrogens (tertiary/aromatic N) is 4. The van der Waals surface area contributed by atoms with Crippen LogP contribution in [0.2, 0.25) is 0 Å². The molecule has 1 heterocycles. The Kier molecular flexibility index (Phi) is 10.3. The summed E-state index contributed by atoms with van der Waals surface area (Å²) >= 11 is 0. The van der Waals surface area contributed by atoms with Crippen LogP contribution in [0.4, 0.5) is 0 Å². The molecule has 0 fully saturated rings. The van der Waals surface area contributed by atoms with Gasteiger partial charge in [-0.2, -0.15) is 0 Å². The number of methoxy groups -OCH3 is 2. The molecule has 37 heavy (non-hydrogen) atoms. The molecule has 0 aliphatic rings. The molecule has 1 atom stereocenters. The number of para-hydroxylation sites is 1. The maximum Gasteiger partial charge on any atom is 0.247 e. The molecule has 200 valence electrons. The van der Waals surface area contributed by atoms with Crippen molar-refractivity contribution in [3.8, 4) is 11.5 Å². The van der Waals surface area contributed by atoms with E-state index in [2.05, 4.69) is 29.5 Å². The second kappa shape index (κ2) is 13.6. The molecule has 3 aromatic rings.